The molecule has 2 aliphatic rings. The molecule has 1 amide bonds. The smallest absolute Gasteiger partial charge is 0.234 e. The van der Waals surface area contributed by atoms with Crippen LogP contribution >= 0.6 is 15.9 Å². The summed E-state index contributed by atoms with van der Waals surface area (Å²) >= 11 is 3.82. The average molecular weight is 338 g/mol. The van der Waals surface area contributed by atoms with Gasteiger partial charge in [0.25, 0.3) is 0 Å². The molecule has 4 heteroatoms. The minimum atomic E-state index is -0.447. The van der Waals surface area contributed by atoms with Crippen LogP contribution < -0.4 is 5.32 Å². The van der Waals surface area contributed by atoms with Gasteiger partial charge in [-0.15, -0.1) is 0 Å². The fourth-order valence-electron chi connectivity index (χ4n) is 3.09. The third-order valence-corrected chi connectivity index (χ3v) is 5.77. The molecule has 1 saturated heterocycles. The Balaban J connectivity index is 1.90. The van der Waals surface area contributed by atoms with Crippen LogP contribution in [0.3, 0.4) is 0 Å². The van der Waals surface area contributed by atoms with Crippen molar-refractivity contribution in [2.75, 3.05) is 11.9 Å². The van der Waals surface area contributed by atoms with Gasteiger partial charge in [0.15, 0.2) is 0 Å². The quantitative estimate of drug-likeness (QED) is 0.834. The number of amides is 1. The summed E-state index contributed by atoms with van der Waals surface area (Å²) in [7, 11) is 0. The summed E-state index contributed by atoms with van der Waals surface area (Å²) in [5.74, 6) is 0.574. The molecule has 2 aliphatic heterocycles. The number of fused-ring (bicyclic) bond motifs is 1. The van der Waals surface area contributed by atoms with Crippen LogP contribution in [0.15, 0.2) is 18.2 Å². The summed E-state index contributed by atoms with van der Waals surface area (Å²) in [5.41, 5.74) is 2.82. The van der Waals surface area contributed by atoms with Crippen molar-refractivity contribution in [2.45, 2.75) is 43.5 Å². The minimum absolute atomic E-state index is 0.0774. The van der Waals surface area contributed by atoms with E-state index in [4.69, 9.17) is 4.74 Å². The molecule has 1 fully saturated rings. The van der Waals surface area contributed by atoms with E-state index in [2.05, 4.69) is 40.3 Å². The van der Waals surface area contributed by atoms with Gasteiger partial charge in [-0.2, -0.15) is 0 Å². The van der Waals surface area contributed by atoms with Crippen LogP contribution in [0.4, 0.5) is 5.69 Å². The third kappa shape index (κ3) is 2.19. The number of anilines is 1. The van der Waals surface area contributed by atoms with Crippen LogP contribution in [0.25, 0.3) is 0 Å². The number of rotatable bonds is 2. The number of carbonyl (C=O) groups excluding carboxylic acids is 1. The highest BCUT2D eigenvalue weighted by Gasteiger charge is 2.39. The van der Waals surface area contributed by atoms with Crippen LogP contribution in [0.1, 0.15) is 43.1 Å². The molecule has 0 aliphatic carbocycles. The fraction of sp³-hybridized carbons (Fsp3) is 0.562. The van der Waals surface area contributed by atoms with Crippen molar-refractivity contribution in [3.05, 3.63) is 29.3 Å². The number of benzene rings is 1. The Morgan fingerprint density at radius 2 is 2.20 bits per heavy atom. The molecule has 3 unspecified atom stereocenters. The van der Waals surface area contributed by atoms with Crippen molar-refractivity contribution in [3.63, 3.8) is 0 Å². The van der Waals surface area contributed by atoms with Gasteiger partial charge in [0.1, 0.15) is 0 Å². The van der Waals surface area contributed by atoms with Crippen molar-refractivity contribution < 1.29 is 9.53 Å². The van der Waals surface area contributed by atoms with E-state index in [1.165, 1.54) is 5.56 Å². The molecule has 0 bridgehead atoms. The first-order valence-electron chi connectivity index (χ1n) is 7.11. The second-order valence-electron chi connectivity index (χ2n) is 6.43. The number of halogens is 1. The van der Waals surface area contributed by atoms with Crippen LogP contribution in [0.5, 0.6) is 0 Å². The van der Waals surface area contributed by atoms with E-state index in [1.807, 2.05) is 19.9 Å². The number of hydrogen-bond donors (Lipinski definition) is 1. The lowest BCUT2D eigenvalue weighted by atomic mass is 9.84. The highest BCUT2D eigenvalue weighted by molar-refractivity contribution is 9.09. The first-order chi connectivity index (χ1) is 9.39. The van der Waals surface area contributed by atoms with Crippen LogP contribution in [0.2, 0.25) is 0 Å². The molecule has 2 heterocycles. The van der Waals surface area contributed by atoms with Crippen molar-refractivity contribution in [1.29, 1.82) is 0 Å². The Bertz CT molecular complexity index is 555. The summed E-state index contributed by atoms with van der Waals surface area (Å²) in [4.78, 5) is 12.3. The summed E-state index contributed by atoms with van der Waals surface area (Å²) < 4.78 is 5.66. The fourth-order valence-corrected chi connectivity index (χ4v) is 3.74. The van der Waals surface area contributed by atoms with Crippen LogP contribution in [-0.2, 0) is 14.9 Å². The zero-order valence-corrected chi connectivity index (χ0v) is 13.7. The highest BCUT2D eigenvalue weighted by atomic mass is 79.9. The first kappa shape index (κ1) is 14.1. The van der Waals surface area contributed by atoms with E-state index in [1.54, 1.807) is 0 Å². The molecule has 0 radical (unpaired) electrons. The summed E-state index contributed by atoms with van der Waals surface area (Å²) in [6.45, 7) is 6.87. The SMILES string of the molecule is CC1CC(C(Br)c2ccc3c(c2)C(C)(C)C(=O)N3)CO1. The van der Waals surface area contributed by atoms with Crippen LogP contribution in [-0.4, -0.2) is 18.6 Å². The van der Waals surface area contributed by atoms with Gasteiger partial charge in [-0.05, 0) is 44.4 Å². The maximum Gasteiger partial charge on any atom is 0.234 e. The molecule has 1 aromatic rings. The van der Waals surface area contributed by atoms with E-state index in [0.717, 1.165) is 24.3 Å². The van der Waals surface area contributed by atoms with E-state index in [-0.39, 0.29) is 10.7 Å². The third-order valence-electron chi connectivity index (χ3n) is 4.49. The highest BCUT2D eigenvalue weighted by Crippen LogP contribution is 2.43. The topological polar surface area (TPSA) is 38.3 Å². The Labute approximate surface area is 128 Å². The Morgan fingerprint density at radius 1 is 1.45 bits per heavy atom. The molecule has 108 valence electrons. The molecule has 0 saturated carbocycles. The van der Waals surface area contributed by atoms with Crippen molar-refractivity contribution in [1.82, 2.24) is 0 Å². The van der Waals surface area contributed by atoms with Gasteiger partial charge in [0, 0.05) is 16.4 Å². The average Bonchev–Trinajstić information content (AvgIpc) is 2.92. The van der Waals surface area contributed by atoms with Gasteiger partial charge in [0.05, 0.1) is 18.1 Å². The zero-order valence-electron chi connectivity index (χ0n) is 12.1. The molecular weight excluding hydrogens is 318 g/mol. The van der Waals surface area contributed by atoms with Crippen molar-refractivity contribution in [2.24, 2.45) is 5.92 Å². The number of alkyl halides is 1. The van der Waals surface area contributed by atoms with Gasteiger partial charge in [-0.1, -0.05) is 28.1 Å². The lowest BCUT2D eigenvalue weighted by Gasteiger charge is -2.20. The van der Waals surface area contributed by atoms with Crippen molar-refractivity contribution in [3.8, 4) is 0 Å². The number of nitrogens with one attached hydrogen (secondary N) is 1. The molecule has 0 aromatic heterocycles. The lowest BCUT2D eigenvalue weighted by Crippen LogP contribution is -2.27. The summed E-state index contributed by atoms with van der Waals surface area (Å²) in [6, 6.07) is 6.28. The zero-order chi connectivity index (χ0) is 14.5. The Kier molecular flexibility index (Phi) is 3.41. The molecule has 3 rings (SSSR count). The van der Waals surface area contributed by atoms with E-state index < -0.39 is 5.41 Å². The standard InChI is InChI=1S/C16H20BrNO2/c1-9-6-11(8-20-9)14(17)10-4-5-13-12(7-10)16(2,3)15(19)18-13/h4-5,7,9,11,14H,6,8H2,1-3H3,(H,18,19). The predicted molar refractivity (Wildman–Crippen MR) is 83.3 cm³/mol. The Morgan fingerprint density at radius 3 is 2.85 bits per heavy atom. The van der Waals surface area contributed by atoms with Crippen LogP contribution in [0, 0.1) is 5.92 Å². The molecule has 3 nitrogen and oxygen atoms in total. The minimum Gasteiger partial charge on any atom is -0.378 e. The molecular formula is C16H20BrNO2. The number of hydrogen-bond acceptors (Lipinski definition) is 2. The van der Waals surface area contributed by atoms with Gasteiger partial charge in [0.2, 0.25) is 5.91 Å². The van der Waals surface area contributed by atoms with E-state index in [0.29, 0.717) is 12.0 Å². The maximum atomic E-state index is 12.0. The Hall–Kier alpha value is -0.870. The number of carbonyl (C=O) groups is 1. The normalized spacial score (nSPS) is 29.1. The molecule has 20 heavy (non-hydrogen) atoms. The monoisotopic (exact) mass is 337 g/mol. The van der Waals surface area contributed by atoms with Crippen molar-refractivity contribution >= 4 is 27.5 Å². The molecule has 1 aromatic carbocycles. The molecule has 1 N–H and O–H groups in total. The summed E-state index contributed by atoms with van der Waals surface area (Å²) in [6.07, 6.45) is 1.42. The molecule has 0 spiro atoms. The second kappa shape index (κ2) is 4.85. The van der Waals surface area contributed by atoms with Gasteiger partial charge in [-0.3, -0.25) is 4.79 Å². The predicted octanol–water partition coefficient (Wildman–Crippen LogP) is 3.78. The number of ether oxygens (including phenoxy) is 1. The van der Waals surface area contributed by atoms with Gasteiger partial charge >= 0.3 is 0 Å². The first-order valence-corrected chi connectivity index (χ1v) is 8.02. The van der Waals surface area contributed by atoms with Gasteiger partial charge < -0.3 is 10.1 Å². The largest absolute Gasteiger partial charge is 0.378 e. The maximum absolute atomic E-state index is 12.0. The van der Waals surface area contributed by atoms with E-state index in [9.17, 15) is 4.79 Å². The summed E-state index contributed by atoms with van der Waals surface area (Å²) in [5, 5.41) is 2.95. The molecule has 3 atom stereocenters. The lowest BCUT2D eigenvalue weighted by molar-refractivity contribution is -0.119. The second-order valence-corrected chi connectivity index (χ2v) is 7.41. The van der Waals surface area contributed by atoms with Gasteiger partial charge in [-0.25, -0.2) is 0 Å². The van der Waals surface area contributed by atoms with E-state index >= 15 is 0 Å².